The van der Waals surface area contributed by atoms with Gasteiger partial charge in [0.1, 0.15) is 11.4 Å². The summed E-state index contributed by atoms with van der Waals surface area (Å²) in [6.45, 7) is 20.0. The van der Waals surface area contributed by atoms with Crippen molar-refractivity contribution in [2.75, 3.05) is 0 Å². The maximum absolute atomic E-state index is 5.21. The first-order chi connectivity index (χ1) is 32.9. The van der Waals surface area contributed by atoms with E-state index in [1.807, 2.05) is 11.3 Å². The molecule has 3 aromatic heterocycles. The number of nitrogens with zero attached hydrogens (tertiary/aromatic N) is 3. The number of pyridine rings is 1. The lowest BCUT2D eigenvalue weighted by atomic mass is 9.77. The molecule has 7 aromatic carbocycles. The van der Waals surface area contributed by atoms with Crippen LogP contribution in [0.15, 0.2) is 183 Å². The fourth-order valence-corrected chi connectivity index (χ4v) is 14.8. The molecular weight excluding hydrogens is 859 g/mol. The Morgan fingerprint density at radius 1 is 0.691 bits per heavy atom. The molecule has 68 heavy (non-hydrogen) atoms. The van der Waals surface area contributed by atoms with Gasteiger partial charge in [0.15, 0.2) is 23.3 Å². The molecule has 5 heteroatoms. The molecule has 2 atom stereocenters. The molecule has 2 unspecified atom stereocenters. The summed E-state index contributed by atoms with van der Waals surface area (Å²) < 4.78 is 10.5. The van der Waals surface area contributed by atoms with Crippen LogP contribution in [-0.2, 0) is 12.8 Å². The van der Waals surface area contributed by atoms with Crippen molar-refractivity contribution >= 4 is 61.5 Å². The van der Waals surface area contributed by atoms with Gasteiger partial charge in [-0.3, -0.25) is 0 Å². The monoisotopic (exact) mass is 917 g/mol. The first-order valence-corrected chi connectivity index (χ1v) is 28.8. The lowest BCUT2D eigenvalue weighted by Crippen LogP contribution is -2.54. The third-order valence-corrected chi connectivity index (χ3v) is 18.0. The molecule has 0 saturated carbocycles. The Morgan fingerprint density at radius 2 is 1.37 bits per heavy atom. The van der Waals surface area contributed by atoms with Crippen LogP contribution in [0.4, 0.5) is 0 Å². The third-order valence-electron chi connectivity index (χ3n) is 14.8. The van der Waals surface area contributed by atoms with E-state index in [1.54, 1.807) is 5.19 Å². The van der Waals surface area contributed by atoms with Crippen LogP contribution in [0.3, 0.4) is 0 Å². The zero-order valence-corrected chi connectivity index (χ0v) is 42.0. The van der Waals surface area contributed by atoms with Crippen LogP contribution in [-0.4, -0.2) is 12.6 Å². The van der Waals surface area contributed by atoms with Gasteiger partial charge in [0, 0.05) is 43.8 Å². The molecule has 2 aliphatic rings. The molecule has 0 N–H and O–H groups in total. The Balaban J connectivity index is 1.16. The summed E-state index contributed by atoms with van der Waals surface area (Å²) in [5, 5.41) is 4.19. The maximum Gasteiger partial charge on any atom is 0.301 e. The molecule has 0 spiro atoms. The zero-order valence-electron chi connectivity index (χ0n) is 40.2. The minimum absolute atomic E-state index is 0.173. The first kappa shape index (κ1) is 42.7. The molecule has 0 bridgehead atoms. The fraction of sp³-hybridized carbons (Fsp3) is 0.206. The molecule has 0 fully saturated rings. The van der Waals surface area contributed by atoms with Crippen LogP contribution < -0.4 is 14.3 Å². The molecule has 0 aliphatic carbocycles. The molecule has 3 nitrogen and oxygen atoms in total. The highest BCUT2D eigenvalue weighted by molar-refractivity contribution is 7.26. The topological polar surface area (TPSA) is 12.7 Å². The van der Waals surface area contributed by atoms with Crippen LogP contribution in [0.1, 0.15) is 62.3 Å². The van der Waals surface area contributed by atoms with Gasteiger partial charge in [0.25, 0.3) is 0 Å². The highest BCUT2D eigenvalue weighted by Gasteiger charge is 2.45. The van der Waals surface area contributed by atoms with Crippen molar-refractivity contribution in [3.05, 3.63) is 199 Å². The molecule has 12 rings (SSSR count). The number of imidazole rings is 1. The van der Waals surface area contributed by atoms with E-state index in [2.05, 4.69) is 230 Å². The minimum atomic E-state index is -1.77. The molecule has 5 heterocycles. The van der Waals surface area contributed by atoms with Crippen LogP contribution in [0.2, 0.25) is 19.6 Å². The Hall–Kier alpha value is -6.66. The van der Waals surface area contributed by atoms with Crippen molar-refractivity contribution in [3.63, 3.8) is 0 Å². The summed E-state index contributed by atoms with van der Waals surface area (Å²) in [5.41, 5.74) is 18.1. The SMILES string of the molecule is C=C1CC2C(CCc3ccc4c(sc5cc(-c6ccccc6)ccc54)c3-c3n(-c4ccccc4-c4ccccc4)c4ccccc4[n+]31)c1ccccc1-c1cc(CC(C)(C)C)c([Si](C)(C)C)c[n+]12. The average molecular weight is 918 g/mol. The Bertz CT molecular complexity index is 3620. The predicted molar refractivity (Wildman–Crippen MR) is 291 cm³/mol. The van der Waals surface area contributed by atoms with E-state index >= 15 is 0 Å². The third kappa shape index (κ3) is 7.13. The van der Waals surface area contributed by atoms with Crippen LogP contribution in [0.5, 0.6) is 0 Å². The van der Waals surface area contributed by atoms with Gasteiger partial charge in [-0.15, -0.1) is 11.3 Å². The molecule has 10 aromatic rings. The lowest BCUT2D eigenvalue weighted by Gasteiger charge is -2.34. The zero-order chi connectivity index (χ0) is 46.5. The summed E-state index contributed by atoms with van der Waals surface area (Å²) in [5.74, 6) is 1.47. The number of benzene rings is 7. The maximum atomic E-state index is 5.21. The number of allylic oxidation sites excluding steroid dienone is 1. The largest absolute Gasteiger partial charge is 0.301 e. The highest BCUT2D eigenvalue weighted by Crippen LogP contribution is 2.49. The van der Waals surface area contributed by atoms with E-state index in [0.717, 1.165) is 31.4 Å². The lowest BCUT2D eigenvalue weighted by molar-refractivity contribution is -0.719. The van der Waals surface area contributed by atoms with Crippen molar-refractivity contribution in [2.24, 2.45) is 5.41 Å². The van der Waals surface area contributed by atoms with Crippen molar-refractivity contribution in [3.8, 4) is 50.6 Å². The van der Waals surface area contributed by atoms with Crippen molar-refractivity contribution < 1.29 is 9.13 Å². The van der Waals surface area contributed by atoms with Gasteiger partial charge in [-0.05, 0) is 88.4 Å². The number of fused-ring (bicyclic) bond motifs is 15. The molecule has 0 saturated heterocycles. The number of thiophene rings is 1. The Labute approximate surface area is 406 Å². The van der Waals surface area contributed by atoms with Crippen molar-refractivity contribution in [1.29, 1.82) is 0 Å². The second-order valence-electron chi connectivity index (χ2n) is 21.6. The number of hydrogen-bond acceptors (Lipinski definition) is 1. The predicted octanol–water partition coefficient (Wildman–Crippen LogP) is 15.5. The van der Waals surface area contributed by atoms with Crippen molar-refractivity contribution in [2.45, 2.75) is 78.1 Å². The normalized spacial score (nSPS) is 16.0. The second kappa shape index (κ2) is 16.3. The van der Waals surface area contributed by atoms with E-state index in [4.69, 9.17) is 6.58 Å². The summed E-state index contributed by atoms with van der Waals surface area (Å²) in [7, 11) is -1.77. The van der Waals surface area contributed by atoms with Crippen LogP contribution >= 0.6 is 11.3 Å². The average Bonchev–Trinajstić information content (AvgIpc) is 3.89. The number of rotatable bonds is 5. The molecule has 0 radical (unpaired) electrons. The van der Waals surface area contributed by atoms with E-state index in [1.165, 1.54) is 98.5 Å². The van der Waals surface area contributed by atoms with E-state index in [-0.39, 0.29) is 17.4 Å². The number of aryl methyl sites for hydroxylation is 1. The number of para-hydroxylation sites is 3. The van der Waals surface area contributed by atoms with E-state index in [9.17, 15) is 0 Å². The molecular formula is C63H59N3SSi+2. The fourth-order valence-electron chi connectivity index (χ4n) is 11.8. The second-order valence-corrected chi connectivity index (χ2v) is 27.7. The van der Waals surface area contributed by atoms with Crippen LogP contribution in [0.25, 0.3) is 87.5 Å². The number of aromatic nitrogens is 3. The smallest absolute Gasteiger partial charge is 0.195 e. The van der Waals surface area contributed by atoms with E-state index in [0.29, 0.717) is 0 Å². The van der Waals surface area contributed by atoms with Gasteiger partial charge in [0.2, 0.25) is 5.69 Å². The first-order valence-electron chi connectivity index (χ1n) is 24.5. The van der Waals surface area contributed by atoms with Gasteiger partial charge >= 0.3 is 5.82 Å². The minimum Gasteiger partial charge on any atom is -0.195 e. The quantitative estimate of drug-likeness (QED) is 0.121. The molecule has 334 valence electrons. The summed E-state index contributed by atoms with van der Waals surface area (Å²) in [6, 6.07) is 63.9. The number of hydrogen-bond donors (Lipinski definition) is 0. The summed E-state index contributed by atoms with van der Waals surface area (Å²) >= 11 is 1.95. The standard InChI is InChI=1S/C63H59N3SSi/c1-41-36-56-50(48-25-14-15-26-49(48)57-37-46(39-63(2,3)4)59(40-64(56)57)68(5,6)7)33-30-44-31-35-52-51-34-32-45(42-20-10-8-11-21-42)38-58(51)67-61(52)60(44)62-65(41)54-28-18-19-29-55(54)66(62)53-27-17-16-24-47(53)43-22-12-9-13-23-43/h8-29,31-32,34-35,37-38,40,50,56H,1,30,33,36,39H2,2-7H3/q+2. The van der Waals surface area contributed by atoms with Gasteiger partial charge in [-0.25, -0.2) is 0 Å². The van der Waals surface area contributed by atoms with Crippen LogP contribution in [0, 0.1) is 5.41 Å². The highest BCUT2D eigenvalue weighted by atomic mass is 32.1. The van der Waals surface area contributed by atoms with E-state index < -0.39 is 8.07 Å². The van der Waals surface area contributed by atoms with Gasteiger partial charge in [0.05, 0.1) is 24.8 Å². The van der Waals surface area contributed by atoms with Gasteiger partial charge in [-0.2, -0.15) is 13.7 Å². The summed E-state index contributed by atoms with van der Waals surface area (Å²) in [4.78, 5) is 0. The summed E-state index contributed by atoms with van der Waals surface area (Å²) in [6.07, 6.45) is 6.46. The molecule has 2 aliphatic heterocycles. The Kier molecular flexibility index (Phi) is 10.2. The van der Waals surface area contributed by atoms with Crippen molar-refractivity contribution in [1.82, 2.24) is 4.57 Å². The molecule has 0 amide bonds. The van der Waals surface area contributed by atoms with Gasteiger partial charge in [-0.1, -0.05) is 180 Å². The van der Waals surface area contributed by atoms with Gasteiger partial charge < -0.3 is 0 Å². The Morgan fingerprint density at radius 3 is 2.13 bits per heavy atom.